The zero-order valence-corrected chi connectivity index (χ0v) is 19.0. The topological polar surface area (TPSA) is 55.8 Å². The summed E-state index contributed by atoms with van der Waals surface area (Å²) in [6, 6.07) is 9.95. The van der Waals surface area contributed by atoms with E-state index in [9.17, 15) is 9.59 Å². The van der Waals surface area contributed by atoms with Gasteiger partial charge in [0, 0.05) is 6.42 Å². The fraction of sp³-hybridized carbons (Fsp3) is 0.440. The van der Waals surface area contributed by atoms with E-state index in [0.717, 1.165) is 16.7 Å². The molecule has 0 radical (unpaired) electrons. The first-order valence-electron chi connectivity index (χ1n) is 10.3. The van der Waals surface area contributed by atoms with Crippen molar-refractivity contribution in [2.75, 3.05) is 7.11 Å². The fourth-order valence-electron chi connectivity index (χ4n) is 4.23. The van der Waals surface area contributed by atoms with Crippen molar-refractivity contribution in [1.29, 1.82) is 0 Å². The third-order valence-electron chi connectivity index (χ3n) is 5.40. The zero-order chi connectivity index (χ0) is 22.2. The van der Waals surface area contributed by atoms with Crippen molar-refractivity contribution in [3.63, 3.8) is 0 Å². The number of hydrogen-bond acceptors (Lipinski definition) is 4. The van der Waals surface area contributed by atoms with Crippen LogP contribution in [0.25, 0.3) is 11.1 Å². The second kappa shape index (κ2) is 8.13. The largest absolute Gasteiger partial charge is 0.467 e. The summed E-state index contributed by atoms with van der Waals surface area (Å²) < 4.78 is 10.5. The van der Waals surface area contributed by atoms with Crippen LogP contribution in [0.4, 0.5) is 4.79 Å². The maximum absolute atomic E-state index is 12.8. The third-order valence-corrected chi connectivity index (χ3v) is 5.40. The van der Waals surface area contributed by atoms with Gasteiger partial charge in [0.2, 0.25) is 0 Å². The van der Waals surface area contributed by atoms with Gasteiger partial charge in [0.15, 0.2) is 0 Å². The van der Waals surface area contributed by atoms with Gasteiger partial charge < -0.3 is 9.47 Å². The number of hydrogen-bond donors (Lipinski definition) is 0. The Labute approximate surface area is 179 Å². The fourth-order valence-corrected chi connectivity index (χ4v) is 4.23. The highest BCUT2D eigenvalue weighted by Crippen LogP contribution is 2.33. The van der Waals surface area contributed by atoms with Crippen molar-refractivity contribution in [2.45, 2.75) is 66.2 Å². The van der Waals surface area contributed by atoms with Crippen LogP contribution in [0.1, 0.15) is 48.6 Å². The van der Waals surface area contributed by atoms with Gasteiger partial charge in [-0.2, -0.15) is 0 Å². The maximum atomic E-state index is 12.8. The van der Waals surface area contributed by atoms with Gasteiger partial charge in [-0.3, -0.25) is 4.90 Å². The molecule has 0 aliphatic carbocycles. The standard InChI is InChI=1S/C25H31NO4/c1-15-10-16(2)22(17(3)11-15)18-8-9-19-14-26(24(28)30-25(4,5)6)21(23(27)29-7)13-20(19)12-18/h8-12,21H,13-14H2,1-7H3. The Morgan fingerprint density at radius 1 is 1.00 bits per heavy atom. The molecule has 160 valence electrons. The number of amides is 1. The molecule has 5 heteroatoms. The van der Waals surface area contributed by atoms with Crippen LogP contribution in [0.15, 0.2) is 30.3 Å². The highest BCUT2D eigenvalue weighted by atomic mass is 16.6. The molecule has 2 aromatic carbocycles. The Balaban J connectivity index is 2.00. The van der Waals surface area contributed by atoms with Gasteiger partial charge in [-0.05, 0) is 74.9 Å². The molecule has 1 aliphatic rings. The number of benzene rings is 2. The zero-order valence-electron chi connectivity index (χ0n) is 19.0. The SMILES string of the molecule is COC(=O)C1Cc2cc(-c3c(C)cc(C)cc3C)ccc2CN1C(=O)OC(C)(C)C. The predicted molar refractivity (Wildman–Crippen MR) is 117 cm³/mol. The minimum absolute atomic E-state index is 0.316. The van der Waals surface area contributed by atoms with Crippen LogP contribution in [0.3, 0.4) is 0 Å². The number of rotatable bonds is 2. The average Bonchev–Trinajstić information content (AvgIpc) is 2.64. The molecular formula is C25H31NO4. The van der Waals surface area contributed by atoms with E-state index in [2.05, 4.69) is 45.0 Å². The maximum Gasteiger partial charge on any atom is 0.411 e. The summed E-state index contributed by atoms with van der Waals surface area (Å²) in [4.78, 5) is 26.7. The summed E-state index contributed by atoms with van der Waals surface area (Å²) in [5, 5.41) is 0. The summed E-state index contributed by atoms with van der Waals surface area (Å²) in [5.41, 5.74) is 7.47. The molecule has 5 nitrogen and oxygen atoms in total. The lowest BCUT2D eigenvalue weighted by Gasteiger charge is -2.36. The van der Waals surface area contributed by atoms with E-state index in [4.69, 9.17) is 9.47 Å². The first kappa shape index (κ1) is 21.9. The van der Waals surface area contributed by atoms with Crippen LogP contribution in [0, 0.1) is 20.8 Å². The molecule has 0 saturated heterocycles. The molecule has 2 aromatic rings. The molecule has 0 saturated carbocycles. The number of ether oxygens (including phenoxy) is 2. The van der Waals surface area contributed by atoms with Gasteiger partial charge in [-0.15, -0.1) is 0 Å². The second-order valence-electron chi connectivity index (χ2n) is 9.11. The van der Waals surface area contributed by atoms with E-state index < -0.39 is 23.7 Å². The number of carbonyl (C=O) groups is 2. The summed E-state index contributed by atoms with van der Waals surface area (Å²) in [6.07, 6.45) is -0.100. The van der Waals surface area contributed by atoms with E-state index in [1.165, 1.54) is 34.3 Å². The molecule has 1 atom stereocenters. The Kier molecular flexibility index (Phi) is 5.93. The van der Waals surface area contributed by atoms with E-state index in [-0.39, 0.29) is 0 Å². The number of carbonyl (C=O) groups excluding carboxylic acids is 2. The Morgan fingerprint density at radius 3 is 2.20 bits per heavy atom. The van der Waals surface area contributed by atoms with Crippen LogP contribution in [0.2, 0.25) is 0 Å². The van der Waals surface area contributed by atoms with Crippen molar-refractivity contribution in [3.05, 3.63) is 58.1 Å². The molecule has 3 rings (SSSR count). The summed E-state index contributed by atoms with van der Waals surface area (Å²) in [6.45, 7) is 12.1. The van der Waals surface area contributed by atoms with E-state index in [0.29, 0.717) is 13.0 Å². The Hall–Kier alpha value is -2.82. The Morgan fingerprint density at radius 2 is 1.63 bits per heavy atom. The van der Waals surface area contributed by atoms with Crippen molar-refractivity contribution in [3.8, 4) is 11.1 Å². The number of fused-ring (bicyclic) bond motifs is 1. The lowest BCUT2D eigenvalue weighted by Crippen LogP contribution is -2.50. The van der Waals surface area contributed by atoms with Gasteiger partial charge in [-0.1, -0.05) is 35.9 Å². The van der Waals surface area contributed by atoms with Crippen LogP contribution < -0.4 is 0 Å². The van der Waals surface area contributed by atoms with Crippen LogP contribution in [-0.4, -0.2) is 35.7 Å². The van der Waals surface area contributed by atoms with Crippen molar-refractivity contribution in [1.82, 2.24) is 4.90 Å². The molecule has 0 N–H and O–H groups in total. The van der Waals surface area contributed by atoms with Crippen LogP contribution >= 0.6 is 0 Å². The van der Waals surface area contributed by atoms with Crippen molar-refractivity contribution in [2.24, 2.45) is 0 Å². The second-order valence-corrected chi connectivity index (χ2v) is 9.11. The quantitative estimate of drug-likeness (QED) is 0.647. The molecule has 1 unspecified atom stereocenters. The molecule has 0 bridgehead atoms. The molecule has 0 fully saturated rings. The van der Waals surface area contributed by atoms with E-state index in [1.54, 1.807) is 0 Å². The van der Waals surface area contributed by atoms with Gasteiger partial charge in [0.1, 0.15) is 11.6 Å². The minimum Gasteiger partial charge on any atom is -0.467 e. The minimum atomic E-state index is -0.701. The predicted octanol–water partition coefficient (Wildman–Crippen LogP) is 5.11. The van der Waals surface area contributed by atoms with Gasteiger partial charge >= 0.3 is 12.1 Å². The number of methoxy groups -OCH3 is 1. The lowest BCUT2D eigenvalue weighted by atomic mass is 9.88. The third kappa shape index (κ3) is 4.50. The normalized spacial score (nSPS) is 16.1. The average molecular weight is 410 g/mol. The molecular weight excluding hydrogens is 378 g/mol. The first-order valence-corrected chi connectivity index (χ1v) is 10.3. The molecule has 30 heavy (non-hydrogen) atoms. The monoisotopic (exact) mass is 409 g/mol. The number of esters is 1. The molecule has 1 amide bonds. The van der Waals surface area contributed by atoms with Crippen LogP contribution in [-0.2, 0) is 27.2 Å². The summed E-state index contributed by atoms with van der Waals surface area (Å²) in [5.74, 6) is -0.431. The van der Waals surface area contributed by atoms with Crippen LogP contribution in [0.5, 0.6) is 0 Å². The van der Waals surface area contributed by atoms with E-state index in [1.807, 2.05) is 26.8 Å². The van der Waals surface area contributed by atoms with Crippen molar-refractivity contribution >= 4 is 12.1 Å². The Bertz CT molecular complexity index is 964. The molecule has 0 aromatic heterocycles. The summed E-state index contributed by atoms with van der Waals surface area (Å²) in [7, 11) is 1.35. The van der Waals surface area contributed by atoms with Gasteiger partial charge in [0.05, 0.1) is 13.7 Å². The van der Waals surface area contributed by atoms with Gasteiger partial charge in [-0.25, -0.2) is 9.59 Å². The first-order chi connectivity index (χ1) is 14.0. The number of nitrogens with zero attached hydrogens (tertiary/aromatic N) is 1. The molecule has 1 aliphatic heterocycles. The molecule has 0 spiro atoms. The number of aryl methyl sites for hydroxylation is 3. The van der Waals surface area contributed by atoms with E-state index >= 15 is 0 Å². The smallest absolute Gasteiger partial charge is 0.411 e. The highest BCUT2D eigenvalue weighted by Gasteiger charge is 2.37. The highest BCUT2D eigenvalue weighted by molar-refractivity contribution is 5.83. The van der Waals surface area contributed by atoms with Gasteiger partial charge in [0.25, 0.3) is 0 Å². The molecule has 1 heterocycles. The van der Waals surface area contributed by atoms with Crippen molar-refractivity contribution < 1.29 is 19.1 Å². The lowest BCUT2D eigenvalue weighted by molar-refractivity contribution is -0.147. The summed E-state index contributed by atoms with van der Waals surface area (Å²) >= 11 is 0.